The molecule has 1 aromatic heterocycles. The number of carbonyl (C=O) groups is 1. The van der Waals surface area contributed by atoms with Gasteiger partial charge in [-0.1, -0.05) is 12.1 Å². The highest BCUT2D eigenvalue weighted by Crippen LogP contribution is 2.30. The highest BCUT2D eigenvalue weighted by molar-refractivity contribution is 5.93. The van der Waals surface area contributed by atoms with Crippen molar-refractivity contribution >= 4 is 17.4 Å². The standard InChI is InChI=1S/C21H21FN4O3/c1-13-24-17(21(27)23-12-14-4-6-15(22)7-5-14)11-20(25-13)26-16-8-9-18(28-2)19(10-16)29-3/h4-11H,12H2,1-3H3,(H,23,27)(H,24,25,26). The van der Waals surface area contributed by atoms with Crippen LogP contribution in [0.25, 0.3) is 0 Å². The minimum atomic E-state index is -0.352. The third kappa shape index (κ3) is 5.19. The van der Waals surface area contributed by atoms with Crippen molar-refractivity contribution < 1.29 is 18.7 Å². The van der Waals surface area contributed by atoms with E-state index in [2.05, 4.69) is 20.6 Å². The van der Waals surface area contributed by atoms with Crippen LogP contribution in [0.2, 0.25) is 0 Å². The molecule has 0 unspecified atom stereocenters. The number of rotatable bonds is 7. The van der Waals surface area contributed by atoms with Crippen molar-refractivity contribution in [3.05, 3.63) is 71.4 Å². The van der Waals surface area contributed by atoms with Crippen molar-refractivity contribution in [3.63, 3.8) is 0 Å². The van der Waals surface area contributed by atoms with Gasteiger partial charge in [-0.3, -0.25) is 4.79 Å². The number of nitrogens with one attached hydrogen (secondary N) is 2. The fourth-order valence-corrected chi connectivity index (χ4v) is 2.69. The van der Waals surface area contributed by atoms with Crippen LogP contribution in [0.1, 0.15) is 21.9 Å². The molecule has 2 aromatic carbocycles. The summed E-state index contributed by atoms with van der Waals surface area (Å²) in [5.74, 6) is 1.42. The minimum Gasteiger partial charge on any atom is -0.493 e. The molecular weight excluding hydrogens is 375 g/mol. The van der Waals surface area contributed by atoms with Crippen LogP contribution in [0, 0.1) is 12.7 Å². The second kappa shape index (κ2) is 9.01. The number of halogens is 1. The quantitative estimate of drug-likeness (QED) is 0.635. The molecule has 1 heterocycles. The molecule has 0 aliphatic heterocycles. The first-order valence-electron chi connectivity index (χ1n) is 8.86. The number of ether oxygens (including phenoxy) is 2. The molecule has 3 aromatic rings. The van der Waals surface area contributed by atoms with Gasteiger partial charge in [0, 0.05) is 24.4 Å². The third-order valence-corrected chi connectivity index (χ3v) is 4.09. The normalized spacial score (nSPS) is 10.3. The summed E-state index contributed by atoms with van der Waals surface area (Å²) in [4.78, 5) is 21.0. The summed E-state index contributed by atoms with van der Waals surface area (Å²) in [6.45, 7) is 1.97. The van der Waals surface area contributed by atoms with Gasteiger partial charge in [0.2, 0.25) is 0 Å². The molecule has 0 aliphatic rings. The van der Waals surface area contributed by atoms with Gasteiger partial charge in [0.05, 0.1) is 14.2 Å². The number of nitrogens with zero attached hydrogens (tertiary/aromatic N) is 2. The van der Waals surface area contributed by atoms with E-state index in [4.69, 9.17) is 9.47 Å². The number of amides is 1. The maximum absolute atomic E-state index is 13.0. The topological polar surface area (TPSA) is 85.4 Å². The molecule has 0 saturated carbocycles. The van der Waals surface area contributed by atoms with Crippen LogP contribution in [0.15, 0.2) is 48.5 Å². The van der Waals surface area contributed by atoms with Crippen molar-refractivity contribution in [1.29, 1.82) is 0 Å². The molecule has 0 atom stereocenters. The predicted octanol–water partition coefficient (Wildman–Crippen LogP) is 3.61. The van der Waals surface area contributed by atoms with Crippen LogP contribution in [0.3, 0.4) is 0 Å². The zero-order valence-electron chi connectivity index (χ0n) is 16.3. The van der Waals surface area contributed by atoms with Crippen molar-refractivity contribution in [3.8, 4) is 11.5 Å². The van der Waals surface area contributed by atoms with E-state index in [1.807, 2.05) is 6.07 Å². The Morgan fingerprint density at radius 2 is 1.72 bits per heavy atom. The van der Waals surface area contributed by atoms with Gasteiger partial charge < -0.3 is 20.1 Å². The van der Waals surface area contributed by atoms with Gasteiger partial charge in [-0.2, -0.15) is 0 Å². The average Bonchev–Trinajstić information content (AvgIpc) is 2.72. The maximum atomic E-state index is 13.0. The Kier molecular flexibility index (Phi) is 6.23. The summed E-state index contributed by atoms with van der Waals surface area (Å²) in [7, 11) is 3.12. The lowest BCUT2D eigenvalue weighted by Crippen LogP contribution is -2.24. The van der Waals surface area contributed by atoms with Gasteiger partial charge in [0.15, 0.2) is 11.5 Å². The van der Waals surface area contributed by atoms with Crippen molar-refractivity contribution in [2.45, 2.75) is 13.5 Å². The Balaban J connectivity index is 1.73. The van der Waals surface area contributed by atoms with Crippen LogP contribution >= 0.6 is 0 Å². The second-order valence-corrected chi connectivity index (χ2v) is 6.19. The largest absolute Gasteiger partial charge is 0.493 e. The summed E-state index contributed by atoms with van der Waals surface area (Å²) < 4.78 is 23.5. The molecule has 0 fully saturated rings. The molecular formula is C21H21FN4O3. The molecule has 150 valence electrons. The van der Waals surface area contributed by atoms with Gasteiger partial charge in [-0.05, 0) is 36.8 Å². The van der Waals surface area contributed by atoms with Gasteiger partial charge in [-0.25, -0.2) is 14.4 Å². The Labute approximate surface area is 167 Å². The van der Waals surface area contributed by atoms with E-state index in [0.29, 0.717) is 23.1 Å². The number of hydrogen-bond acceptors (Lipinski definition) is 6. The van der Waals surface area contributed by atoms with Gasteiger partial charge in [0.25, 0.3) is 5.91 Å². The number of carbonyl (C=O) groups excluding carboxylic acids is 1. The third-order valence-electron chi connectivity index (χ3n) is 4.09. The number of anilines is 2. The minimum absolute atomic E-state index is 0.225. The fourth-order valence-electron chi connectivity index (χ4n) is 2.69. The van der Waals surface area contributed by atoms with Crippen molar-refractivity contribution in [2.75, 3.05) is 19.5 Å². The lowest BCUT2D eigenvalue weighted by atomic mass is 10.2. The van der Waals surface area contributed by atoms with E-state index in [0.717, 1.165) is 11.3 Å². The zero-order valence-corrected chi connectivity index (χ0v) is 16.3. The molecule has 0 radical (unpaired) electrons. The van der Waals surface area contributed by atoms with Crippen molar-refractivity contribution in [2.24, 2.45) is 0 Å². The summed E-state index contributed by atoms with van der Waals surface area (Å²) in [6.07, 6.45) is 0. The monoisotopic (exact) mass is 396 g/mol. The molecule has 1 amide bonds. The molecule has 2 N–H and O–H groups in total. The molecule has 0 bridgehead atoms. The number of aromatic nitrogens is 2. The van der Waals surface area contributed by atoms with Crippen LogP contribution in [0.4, 0.5) is 15.9 Å². The zero-order chi connectivity index (χ0) is 20.8. The first-order chi connectivity index (χ1) is 14.0. The number of benzene rings is 2. The average molecular weight is 396 g/mol. The van der Waals surface area contributed by atoms with E-state index in [9.17, 15) is 9.18 Å². The molecule has 0 aliphatic carbocycles. The Hall–Kier alpha value is -3.68. The Morgan fingerprint density at radius 3 is 2.41 bits per heavy atom. The molecule has 7 nitrogen and oxygen atoms in total. The number of methoxy groups -OCH3 is 2. The second-order valence-electron chi connectivity index (χ2n) is 6.19. The Bertz CT molecular complexity index is 1010. The number of hydrogen-bond donors (Lipinski definition) is 2. The molecule has 29 heavy (non-hydrogen) atoms. The molecule has 8 heteroatoms. The number of aryl methyl sites for hydroxylation is 1. The summed E-state index contributed by atoms with van der Waals surface area (Å²) in [6, 6.07) is 12.8. The maximum Gasteiger partial charge on any atom is 0.270 e. The van der Waals surface area contributed by atoms with Gasteiger partial charge >= 0.3 is 0 Å². The molecule has 0 spiro atoms. The lowest BCUT2D eigenvalue weighted by molar-refractivity contribution is 0.0945. The van der Waals surface area contributed by atoms with Gasteiger partial charge in [0.1, 0.15) is 23.2 Å². The van der Waals surface area contributed by atoms with E-state index in [1.165, 1.54) is 12.1 Å². The Morgan fingerprint density at radius 1 is 1.00 bits per heavy atom. The summed E-state index contributed by atoms with van der Waals surface area (Å²) in [5.41, 5.74) is 1.73. The SMILES string of the molecule is COc1ccc(Nc2cc(C(=O)NCc3ccc(F)cc3)nc(C)n2)cc1OC. The van der Waals surface area contributed by atoms with Crippen LogP contribution < -0.4 is 20.1 Å². The van der Waals surface area contributed by atoms with E-state index in [1.54, 1.807) is 51.5 Å². The van der Waals surface area contributed by atoms with Crippen molar-refractivity contribution in [1.82, 2.24) is 15.3 Å². The summed E-state index contributed by atoms with van der Waals surface area (Å²) in [5, 5.41) is 5.91. The van der Waals surface area contributed by atoms with E-state index >= 15 is 0 Å². The van der Waals surface area contributed by atoms with E-state index < -0.39 is 0 Å². The first-order valence-corrected chi connectivity index (χ1v) is 8.86. The van der Waals surface area contributed by atoms with Crippen LogP contribution in [-0.4, -0.2) is 30.1 Å². The lowest BCUT2D eigenvalue weighted by Gasteiger charge is -2.12. The highest BCUT2D eigenvalue weighted by Gasteiger charge is 2.12. The smallest absolute Gasteiger partial charge is 0.270 e. The first kappa shape index (κ1) is 20.1. The molecule has 3 rings (SSSR count). The molecule has 0 saturated heterocycles. The highest BCUT2D eigenvalue weighted by atomic mass is 19.1. The van der Waals surface area contributed by atoms with Crippen LogP contribution in [0.5, 0.6) is 11.5 Å². The van der Waals surface area contributed by atoms with Crippen LogP contribution in [-0.2, 0) is 6.54 Å². The van der Waals surface area contributed by atoms with Gasteiger partial charge in [-0.15, -0.1) is 0 Å². The summed E-state index contributed by atoms with van der Waals surface area (Å²) >= 11 is 0. The van der Waals surface area contributed by atoms with E-state index in [-0.39, 0.29) is 24.0 Å². The predicted molar refractivity (Wildman–Crippen MR) is 107 cm³/mol. The fraction of sp³-hybridized carbons (Fsp3) is 0.190.